The minimum atomic E-state index is -0.495. The fraction of sp³-hybridized carbons (Fsp3) is 0.375. The highest BCUT2D eigenvalue weighted by molar-refractivity contribution is 6.01. The molecule has 0 unspecified atom stereocenters. The Balaban J connectivity index is 1.34. The number of anilines is 1. The molecule has 2 N–H and O–H groups in total. The van der Waals surface area contributed by atoms with Crippen LogP contribution in [0, 0.1) is 0 Å². The Morgan fingerprint density at radius 2 is 1.85 bits per heavy atom. The van der Waals surface area contributed by atoms with Crippen LogP contribution in [0.1, 0.15) is 46.9 Å². The number of esters is 1. The standard InChI is InChI=1S/C24H28N6O4/c1-2-34-23(32)18-8-4-5-9-19(18)26-24(33)25-12-15-30-21-11-10-17(16-20(21)27-28-30)22(31)29-13-6-3-7-14-29/h4-5,8-11,16H,2-3,6-7,12-15H2,1H3,(H2,25,26,33). The first-order valence-corrected chi connectivity index (χ1v) is 11.5. The van der Waals surface area contributed by atoms with Crippen LogP contribution in [0.4, 0.5) is 10.5 Å². The highest BCUT2D eigenvalue weighted by Crippen LogP contribution is 2.18. The maximum Gasteiger partial charge on any atom is 0.340 e. The number of rotatable bonds is 7. The van der Waals surface area contributed by atoms with Crippen LogP contribution < -0.4 is 10.6 Å². The number of carbonyl (C=O) groups excluding carboxylic acids is 3. The summed E-state index contributed by atoms with van der Waals surface area (Å²) >= 11 is 0. The predicted octanol–water partition coefficient (Wildman–Crippen LogP) is 3.06. The topological polar surface area (TPSA) is 118 Å². The van der Waals surface area contributed by atoms with Crippen molar-refractivity contribution in [2.75, 3.05) is 31.6 Å². The van der Waals surface area contributed by atoms with E-state index in [0.29, 0.717) is 29.9 Å². The lowest BCUT2D eigenvalue weighted by molar-refractivity contribution is 0.0527. The Kier molecular flexibility index (Phi) is 7.36. The third-order valence-corrected chi connectivity index (χ3v) is 5.68. The molecule has 10 nitrogen and oxygen atoms in total. The molecule has 2 heterocycles. The molecule has 2 aromatic carbocycles. The van der Waals surface area contributed by atoms with Crippen molar-refractivity contribution in [1.29, 1.82) is 0 Å². The van der Waals surface area contributed by atoms with E-state index in [-0.39, 0.29) is 18.1 Å². The van der Waals surface area contributed by atoms with E-state index in [1.54, 1.807) is 48.0 Å². The number of likely N-dealkylation sites (tertiary alicyclic amines) is 1. The molecule has 0 aliphatic carbocycles. The minimum Gasteiger partial charge on any atom is -0.462 e. The Labute approximate surface area is 197 Å². The molecule has 178 valence electrons. The van der Waals surface area contributed by atoms with Gasteiger partial charge in [0.2, 0.25) is 0 Å². The number of ether oxygens (including phenoxy) is 1. The summed E-state index contributed by atoms with van der Waals surface area (Å²) in [4.78, 5) is 39.0. The lowest BCUT2D eigenvalue weighted by Crippen LogP contribution is -2.35. The zero-order valence-electron chi connectivity index (χ0n) is 19.1. The van der Waals surface area contributed by atoms with Crippen LogP contribution in [0.15, 0.2) is 42.5 Å². The second kappa shape index (κ2) is 10.8. The number of nitrogens with one attached hydrogen (secondary N) is 2. The van der Waals surface area contributed by atoms with Gasteiger partial charge in [0.1, 0.15) is 5.52 Å². The minimum absolute atomic E-state index is 0.0255. The Hall–Kier alpha value is -3.95. The summed E-state index contributed by atoms with van der Waals surface area (Å²) in [6, 6.07) is 11.6. The number of hydrogen-bond donors (Lipinski definition) is 2. The number of urea groups is 1. The van der Waals surface area contributed by atoms with Crippen molar-refractivity contribution < 1.29 is 19.1 Å². The van der Waals surface area contributed by atoms with Gasteiger partial charge in [-0.25, -0.2) is 14.3 Å². The molecule has 10 heteroatoms. The zero-order chi connectivity index (χ0) is 23.9. The average molecular weight is 465 g/mol. The maximum atomic E-state index is 12.7. The molecule has 0 atom stereocenters. The van der Waals surface area contributed by atoms with Crippen LogP contribution in [0.25, 0.3) is 11.0 Å². The van der Waals surface area contributed by atoms with E-state index in [2.05, 4.69) is 20.9 Å². The predicted molar refractivity (Wildman–Crippen MR) is 127 cm³/mol. The molecule has 1 aromatic heterocycles. The summed E-state index contributed by atoms with van der Waals surface area (Å²) in [6.07, 6.45) is 3.25. The first-order valence-electron chi connectivity index (χ1n) is 11.5. The van der Waals surface area contributed by atoms with E-state index in [0.717, 1.165) is 31.4 Å². The van der Waals surface area contributed by atoms with Crippen molar-refractivity contribution in [1.82, 2.24) is 25.2 Å². The van der Waals surface area contributed by atoms with Crippen molar-refractivity contribution in [3.8, 4) is 0 Å². The molecule has 1 aliphatic rings. The fourth-order valence-electron chi connectivity index (χ4n) is 3.97. The summed E-state index contributed by atoms with van der Waals surface area (Å²) in [5, 5.41) is 13.8. The normalized spacial score (nSPS) is 13.5. The summed E-state index contributed by atoms with van der Waals surface area (Å²) in [5.41, 5.74) is 2.69. The van der Waals surface area contributed by atoms with E-state index in [1.165, 1.54) is 6.42 Å². The summed E-state index contributed by atoms with van der Waals surface area (Å²) in [6.45, 7) is 4.24. The summed E-state index contributed by atoms with van der Waals surface area (Å²) in [5.74, 6) is -0.469. The number of hydrogen-bond acceptors (Lipinski definition) is 6. The Morgan fingerprint density at radius 3 is 2.65 bits per heavy atom. The van der Waals surface area contributed by atoms with Crippen molar-refractivity contribution in [2.45, 2.75) is 32.7 Å². The van der Waals surface area contributed by atoms with E-state index in [4.69, 9.17) is 4.74 Å². The molecular weight excluding hydrogens is 436 g/mol. The molecule has 3 amide bonds. The molecular formula is C24H28N6O4. The number of nitrogens with zero attached hydrogens (tertiary/aromatic N) is 4. The summed E-state index contributed by atoms with van der Waals surface area (Å²) in [7, 11) is 0. The van der Waals surface area contributed by atoms with Gasteiger partial charge >= 0.3 is 12.0 Å². The van der Waals surface area contributed by atoms with Crippen LogP contribution in [0.3, 0.4) is 0 Å². The molecule has 34 heavy (non-hydrogen) atoms. The highest BCUT2D eigenvalue weighted by atomic mass is 16.5. The quantitative estimate of drug-likeness (QED) is 0.519. The summed E-state index contributed by atoms with van der Waals surface area (Å²) < 4.78 is 6.70. The number of para-hydroxylation sites is 1. The van der Waals surface area contributed by atoms with Gasteiger partial charge in [0.15, 0.2) is 0 Å². The molecule has 1 saturated heterocycles. The van der Waals surface area contributed by atoms with Gasteiger partial charge in [-0.15, -0.1) is 5.10 Å². The van der Waals surface area contributed by atoms with Gasteiger partial charge in [0.25, 0.3) is 5.91 Å². The highest BCUT2D eigenvalue weighted by Gasteiger charge is 2.19. The third kappa shape index (κ3) is 5.33. The van der Waals surface area contributed by atoms with Crippen molar-refractivity contribution in [3.05, 3.63) is 53.6 Å². The van der Waals surface area contributed by atoms with Crippen molar-refractivity contribution in [3.63, 3.8) is 0 Å². The second-order valence-corrected chi connectivity index (χ2v) is 8.02. The third-order valence-electron chi connectivity index (χ3n) is 5.68. The molecule has 3 aromatic rings. The first kappa shape index (κ1) is 23.2. The van der Waals surface area contributed by atoms with Gasteiger partial charge in [-0.05, 0) is 56.5 Å². The number of amides is 3. The van der Waals surface area contributed by atoms with Crippen LogP contribution in [0.2, 0.25) is 0 Å². The van der Waals surface area contributed by atoms with Gasteiger partial charge < -0.3 is 20.3 Å². The number of carbonyl (C=O) groups is 3. The smallest absolute Gasteiger partial charge is 0.340 e. The van der Waals surface area contributed by atoms with Crippen LogP contribution in [-0.2, 0) is 11.3 Å². The lowest BCUT2D eigenvalue weighted by atomic mass is 10.1. The van der Waals surface area contributed by atoms with E-state index >= 15 is 0 Å². The van der Waals surface area contributed by atoms with Crippen LogP contribution in [-0.4, -0.2) is 64.0 Å². The Bertz CT molecular complexity index is 1190. The molecule has 4 rings (SSSR count). The molecule has 1 aliphatic heterocycles. The second-order valence-electron chi connectivity index (χ2n) is 8.02. The van der Waals surface area contributed by atoms with Gasteiger partial charge in [-0.3, -0.25) is 4.79 Å². The fourth-order valence-corrected chi connectivity index (χ4v) is 3.97. The molecule has 0 spiro atoms. The van der Waals surface area contributed by atoms with Gasteiger partial charge in [-0.2, -0.15) is 0 Å². The van der Waals surface area contributed by atoms with E-state index in [9.17, 15) is 14.4 Å². The van der Waals surface area contributed by atoms with E-state index in [1.807, 2.05) is 11.0 Å². The molecule has 1 fully saturated rings. The van der Waals surface area contributed by atoms with Gasteiger partial charge in [-0.1, -0.05) is 17.3 Å². The molecule has 0 radical (unpaired) electrons. The van der Waals surface area contributed by atoms with Crippen molar-refractivity contribution >= 4 is 34.6 Å². The number of piperidine rings is 1. The largest absolute Gasteiger partial charge is 0.462 e. The zero-order valence-corrected chi connectivity index (χ0v) is 19.1. The van der Waals surface area contributed by atoms with Gasteiger partial charge in [0.05, 0.1) is 29.9 Å². The monoisotopic (exact) mass is 464 g/mol. The van der Waals surface area contributed by atoms with Crippen molar-refractivity contribution in [2.24, 2.45) is 0 Å². The first-order chi connectivity index (χ1) is 16.6. The van der Waals surface area contributed by atoms with Gasteiger partial charge in [0, 0.05) is 25.2 Å². The lowest BCUT2D eigenvalue weighted by Gasteiger charge is -2.26. The van der Waals surface area contributed by atoms with Crippen LogP contribution >= 0.6 is 0 Å². The molecule has 0 bridgehead atoms. The molecule has 0 saturated carbocycles. The maximum absolute atomic E-state index is 12.7. The SMILES string of the molecule is CCOC(=O)c1ccccc1NC(=O)NCCn1nnc2cc(C(=O)N3CCCCC3)ccc21. The Morgan fingerprint density at radius 1 is 1.06 bits per heavy atom. The number of benzene rings is 2. The van der Waals surface area contributed by atoms with Crippen LogP contribution in [0.5, 0.6) is 0 Å². The van der Waals surface area contributed by atoms with E-state index < -0.39 is 12.0 Å². The number of aromatic nitrogens is 3. The number of fused-ring (bicyclic) bond motifs is 1. The average Bonchev–Trinajstić information content (AvgIpc) is 3.27.